The van der Waals surface area contributed by atoms with E-state index in [0.717, 1.165) is 12.8 Å². The van der Waals surface area contributed by atoms with E-state index >= 15 is 0 Å². The van der Waals surface area contributed by atoms with Crippen LogP contribution in [-0.4, -0.2) is 22.2 Å². The van der Waals surface area contributed by atoms with Gasteiger partial charge in [0.15, 0.2) is 0 Å². The first-order chi connectivity index (χ1) is 15.3. The summed E-state index contributed by atoms with van der Waals surface area (Å²) in [6.07, 6.45) is 5.49. The molecule has 3 aliphatic carbocycles. The van der Waals surface area contributed by atoms with Crippen molar-refractivity contribution >= 4 is 34.6 Å². The quantitative estimate of drug-likeness (QED) is 0.395. The molecule has 0 radical (unpaired) electrons. The number of hydrogen-bond donors (Lipinski definition) is 4. The number of rotatable bonds is 6. The van der Waals surface area contributed by atoms with Crippen LogP contribution in [0.5, 0.6) is 0 Å². The number of amides is 2. The summed E-state index contributed by atoms with van der Waals surface area (Å²) in [6, 6.07) is 11.7. The van der Waals surface area contributed by atoms with Gasteiger partial charge < -0.3 is 31.5 Å². The van der Waals surface area contributed by atoms with E-state index in [1.807, 2.05) is 12.2 Å². The van der Waals surface area contributed by atoms with Gasteiger partial charge >= 0.3 is 0 Å². The third kappa shape index (κ3) is 4.43. The Labute approximate surface area is 183 Å². The second-order valence-electron chi connectivity index (χ2n) is 7.97. The highest BCUT2D eigenvalue weighted by molar-refractivity contribution is 6.01. The maximum atomic E-state index is 13.2. The van der Waals surface area contributed by atoms with Crippen LogP contribution in [0.4, 0.5) is 22.7 Å². The molecule has 2 aromatic carbocycles. The van der Waals surface area contributed by atoms with Crippen molar-refractivity contribution in [2.24, 2.45) is 23.7 Å². The van der Waals surface area contributed by atoms with Crippen molar-refractivity contribution in [3.8, 4) is 0 Å². The average Bonchev–Trinajstić information content (AvgIpc) is 2.79. The molecule has 4 atom stereocenters. The number of allylic oxidation sites excluding steroid dienone is 2. The first-order valence-corrected chi connectivity index (χ1v) is 10.2. The smallest absolute Gasteiger partial charge is 0.228 e. The minimum Gasteiger partial charge on any atom is -0.733 e. The Morgan fingerprint density at radius 1 is 0.781 bits per heavy atom. The van der Waals surface area contributed by atoms with Gasteiger partial charge in [-0.05, 0) is 61.1 Å². The molecule has 0 aliphatic heterocycles. The number of carbonyl (C=O) groups excluding carboxylic acids is 2. The topological polar surface area (TPSA) is 151 Å². The number of benzene rings is 2. The Bertz CT molecular complexity index is 959. The normalized spacial score (nSPS) is 23.5. The molecule has 10 nitrogen and oxygen atoms in total. The fourth-order valence-corrected chi connectivity index (χ4v) is 4.57. The summed E-state index contributed by atoms with van der Waals surface area (Å²) in [5.74, 6) is -2.20. The van der Waals surface area contributed by atoms with Crippen molar-refractivity contribution in [3.63, 3.8) is 0 Å². The van der Waals surface area contributed by atoms with Crippen molar-refractivity contribution in [2.75, 3.05) is 21.1 Å². The molecule has 1 fully saturated rings. The molecule has 2 aromatic rings. The predicted octanol–water partition coefficient (Wildman–Crippen LogP) is 3.48. The Kier molecular flexibility index (Phi) is 6.10. The van der Waals surface area contributed by atoms with E-state index < -0.39 is 11.8 Å². The summed E-state index contributed by atoms with van der Waals surface area (Å²) >= 11 is 0. The molecule has 5 rings (SSSR count). The maximum Gasteiger partial charge on any atom is 0.228 e. The summed E-state index contributed by atoms with van der Waals surface area (Å²) in [5.41, 5.74) is 0.605. The van der Waals surface area contributed by atoms with E-state index in [0.29, 0.717) is 11.4 Å². The van der Waals surface area contributed by atoms with Crippen LogP contribution in [0.1, 0.15) is 12.8 Å². The number of nitrogens with one attached hydrogen (secondary N) is 2. The molecule has 3 aliphatic rings. The Morgan fingerprint density at radius 3 is 1.53 bits per heavy atom. The Morgan fingerprint density at radius 2 is 1.19 bits per heavy atom. The lowest BCUT2D eigenvalue weighted by Gasteiger charge is -2.43. The van der Waals surface area contributed by atoms with Gasteiger partial charge in [0.2, 0.25) is 11.8 Å². The van der Waals surface area contributed by atoms with Crippen LogP contribution in [-0.2, 0) is 9.59 Å². The van der Waals surface area contributed by atoms with Crippen LogP contribution in [0.25, 0.3) is 0 Å². The third-order valence-electron chi connectivity index (χ3n) is 6.02. The summed E-state index contributed by atoms with van der Waals surface area (Å²) < 4.78 is 0. The van der Waals surface area contributed by atoms with Gasteiger partial charge in [-0.2, -0.15) is 0 Å². The predicted molar refractivity (Wildman–Crippen MR) is 118 cm³/mol. The fourth-order valence-electron chi connectivity index (χ4n) is 4.57. The summed E-state index contributed by atoms with van der Waals surface area (Å²) in [4.78, 5) is 26.4. The van der Waals surface area contributed by atoms with Crippen molar-refractivity contribution in [2.45, 2.75) is 12.8 Å². The second-order valence-corrected chi connectivity index (χ2v) is 7.97. The van der Waals surface area contributed by atoms with Gasteiger partial charge in [-0.15, -0.1) is 0 Å². The van der Waals surface area contributed by atoms with Crippen LogP contribution < -0.4 is 21.1 Å². The number of hydrogen-bond acceptors (Lipinski definition) is 8. The summed E-state index contributed by atoms with van der Waals surface area (Å²) in [7, 11) is 0. The van der Waals surface area contributed by atoms with E-state index in [2.05, 4.69) is 10.6 Å². The molecule has 0 saturated heterocycles. The highest BCUT2D eigenvalue weighted by Crippen LogP contribution is 2.46. The molecule has 0 spiro atoms. The molecular weight excluding hydrogens is 416 g/mol. The first kappa shape index (κ1) is 21.8. The molecule has 168 valence electrons. The van der Waals surface area contributed by atoms with Crippen LogP contribution in [0, 0.1) is 34.1 Å². The monoisotopic (exact) mass is 438 g/mol. The van der Waals surface area contributed by atoms with Crippen LogP contribution in [0.3, 0.4) is 0 Å². The fraction of sp³-hybridized carbons (Fsp3) is 0.273. The summed E-state index contributed by atoms with van der Waals surface area (Å²) in [6.45, 7) is 0. The van der Waals surface area contributed by atoms with Gasteiger partial charge in [0, 0.05) is 11.4 Å². The minimum absolute atomic E-state index is 0.0293. The molecular formula is C22H22N4O6-2. The summed E-state index contributed by atoms with van der Waals surface area (Å²) in [5, 5.41) is 45.4. The minimum atomic E-state index is -0.628. The molecule has 0 aromatic heterocycles. The van der Waals surface area contributed by atoms with Crippen molar-refractivity contribution in [1.82, 2.24) is 0 Å². The van der Waals surface area contributed by atoms with E-state index in [4.69, 9.17) is 10.4 Å². The Hall–Kier alpha value is -3.44. The molecule has 0 heterocycles. The molecule has 2 amide bonds. The lowest BCUT2D eigenvalue weighted by molar-refractivity contribution is -0.134. The van der Waals surface area contributed by atoms with Crippen molar-refractivity contribution in [1.29, 1.82) is 0 Å². The molecule has 2 bridgehead atoms. The molecule has 32 heavy (non-hydrogen) atoms. The van der Waals surface area contributed by atoms with E-state index in [1.165, 1.54) is 36.4 Å². The standard InChI is InChI=1S/C22H22N4O6/c27-21(23-15-3-1-5-17(11-15)25(29)30)19-13-7-9-14(10-8-13)20(19)22(28)24-16-4-2-6-18(12-16)26(31)32/h1-7,9,11-14,19-20,29,31H,8,10H2,(H,23,27)(H,24,28)/q-2. The van der Waals surface area contributed by atoms with Gasteiger partial charge in [-0.25, -0.2) is 0 Å². The molecule has 4 unspecified atom stereocenters. The lowest BCUT2D eigenvalue weighted by atomic mass is 9.61. The second kappa shape index (κ2) is 8.97. The van der Waals surface area contributed by atoms with Crippen molar-refractivity contribution in [3.05, 3.63) is 71.1 Å². The first-order valence-electron chi connectivity index (χ1n) is 10.2. The van der Waals surface area contributed by atoms with E-state index in [-0.39, 0.29) is 45.5 Å². The van der Waals surface area contributed by atoms with Gasteiger partial charge in [-0.1, -0.05) is 24.3 Å². The Balaban J connectivity index is 1.54. The zero-order valence-corrected chi connectivity index (χ0v) is 16.9. The maximum absolute atomic E-state index is 13.2. The zero-order chi connectivity index (χ0) is 22.8. The van der Waals surface area contributed by atoms with Gasteiger partial charge in [0.1, 0.15) is 0 Å². The van der Waals surface area contributed by atoms with Crippen LogP contribution in [0.15, 0.2) is 60.7 Å². The lowest BCUT2D eigenvalue weighted by Crippen LogP contribution is -2.48. The number of anilines is 4. The third-order valence-corrected chi connectivity index (χ3v) is 6.02. The number of fused-ring (bicyclic) bond motifs is 2. The molecule has 10 heteroatoms. The largest absolute Gasteiger partial charge is 0.733 e. The van der Waals surface area contributed by atoms with E-state index in [1.54, 1.807) is 12.1 Å². The van der Waals surface area contributed by atoms with Crippen LogP contribution in [0.2, 0.25) is 0 Å². The van der Waals surface area contributed by atoms with E-state index in [9.17, 15) is 20.0 Å². The van der Waals surface area contributed by atoms with Gasteiger partial charge in [-0.3, -0.25) is 20.0 Å². The highest BCUT2D eigenvalue weighted by Gasteiger charge is 2.48. The number of nitrogens with zero attached hydrogens (tertiary/aromatic N) is 2. The SMILES string of the molecule is O=C(Nc1cccc(N([O-])O)c1)C1C2C=CC(CC2)C1C(=O)Nc1cccc(N([O-])O)c1. The average molecular weight is 438 g/mol. The number of carbonyl (C=O) groups is 2. The molecule has 1 saturated carbocycles. The zero-order valence-electron chi connectivity index (χ0n) is 16.9. The highest BCUT2D eigenvalue weighted by atomic mass is 16.8. The molecule has 4 N–H and O–H groups in total. The van der Waals surface area contributed by atoms with Gasteiger partial charge in [0.05, 0.1) is 23.2 Å². The van der Waals surface area contributed by atoms with Gasteiger partial charge in [0.25, 0.3) is 0 Å². The van der Waals surface area contributed by atoms with Crippen LogP contribution >= 0.6 is 0 Å². The van der Waals surface area contributed by atoms with Crippen molar-refractivity contribution < 1.29 is 20.0 Å².